The molecule has 1 saturated heterocycles. The van der Waals surface area contributed by atoms with Crippen molar-refractivity contribution in [2.75, 3.05) is 25.1 Å². The molecule has 158 valence electrons. The van der Waals surface area contributed by atoms with E-state index in [1.165, 1.54) is 37.9 Å². The highest BCUT2D eigenvalue weighted by atomic mass is 19.1. The van der Waals surface area contributed by atoms with Crippen LogP contribution in [0.15, 0.2) is 24.7 Å². The largest absolute Gasteiger partial charge is 0.475 e. The molecule has 0 amide bonds. The summed E-state index contributed by atoms with van der Waals surface area (Å²) in [5.41, 5.74) is 0.106. The maximum Gasteiger partial charge on any atom is 0.232 e. The van der Waals surface area contributed by atoms with Gasteiger partial charge in [-0.05, 0) is 31.7 Å². The summed E-state index contributed by atoms with van der Waals surface area (Å²) in [5, 5.41) is 13.0. The number of nitrogens with one attached hydrogen (secondary N) is 1. The zero-order valence-corrected chi connectivity index (χ0v) is 16.9. The molecule has 4 rings (SSSR count). The van der Waals surface area contributed by atoms with E-state index in [4.69, 9.17) is 9.47 Å². The van der Waals surface area contributed by atoms with Crippen molar-refractivity contribution in [1.82, 2.24) is 15.0 Å². The second kappa shape index (κ2) is 9.35. The predicted molar refractivity (Wildman–Crippen MR) is 109 cm³/mol. The molecule has 1 aliphatic carbocycles. The molecule has 0 aromatic carbocycles. The summed E-state index contributed by atoms with van der Waals surface area (Å²) in [6.07, 6.45) is 11.3. The third kappa shape index (κ3) is 4.85. The Morgan fingerprint density at radius 1 is 1.20 bits per heavy atom. The third-order valence-corrected chi connectivity index (χ3v) is 5.88. The standard InChI is InChI=1S/C22H26FN5O2/c23-18-11-26-20(27-16-4-2-1-3-5-16)10-17(18)19-12-25-13-21(28-19)30-15-22(14-24)6-8-29-9-7-22/h10-13,16H,1-9,15H2,(H,26,27). The zero-order chi connectivity index (χ0) is 20.8. The number of halogens is 1. The van der Waals surface area contributed by atoms with E-state index in [0.717, 1.165) is 12.8 Å². The highest BCUT2D eigenvalue weighted by molar-refractivity contribution is 5.63. The fraction of sp³-hybridized carbons (Fsp3) is 0.545. The summed E-state index contributed by atoms with van der Waals surface area (Å²) < 4.78 is 25.6. The van der Waals surface area contributed by atoms with E-state index in [0.29, 0.717) is 49.2 Å². The van der Waals surface area contributed by atoms with Crippen molar-refractivity contribution in [1.29, 1.82) is 5.26 Å². The molecule has 2 aromatic heterocycles. The fourth-order valence-corrected chi connectivity index (χ4v) is 3.98. The number of pyridine rings is 1. The molecule has 0 bridgehead atoms. The van der Waals surface area contributed by atoms with Crippen LogP contribution in [0.1, 0.15) is 44.9 Å². The van der Waals surface area contributed by atoms with Crippen LogP contribution in [0.4, 0.5) is 10.2 Å². The number of aromatic nitrogens is 3. The number of hydrogen-bond acceptors (Lipinski definition) is 7. The molecule has 0 radical (unpaired) electrons. The van der Waals surface area contributed by atoms with Gasteiger partial charge < -0.3 is 14.8 Å². The predicted octanol–water partition coefficient (Wildman–Crippen LogP) is 4.12. The first-order valence-corrected chi connectivity index (χ1v) is 10.5. The molecule has 0 atom stereocenters. The van der Waals surface area contributed by atoms with E-state index in [-0.39, 0.29) is 12.5 Å². The molecule has 2 fully saturated rings. The minimum atomic E-state index is -0.588. The molecule has 30 heavy (non-hydrogen) atoms. The summed E-state index contributed by atoms with van der Waals surface area (Å²) in [6, 6.07) is 4.40. The van der Waals surface area contributed by atoms with Gasteiger partial charge in [-0.1, -0.05) is 19.3 Å². The molecule has 1 aliphatic heterocycles. The lowest BCUT2D eigenvalue weighted by molar-refractivity contribution is 0.0182. The molecule has 3 heterocycles. The summed E-state index contributed by atoms with van der Waals surface area (Å²) in [6.45, 7) is 1.29. The van der Waals surface area contributed by atoms with E-state index >= 15 is 0 Å². The topological polar surface area (TPSA) is 93.0 Å². The van der Waals surface area contributed by atoms with Crippen LogP contribution in [0.2, 0.25) is 0 Å². The highest BCUT2D eigenvalue weighted by Gasteiger charge is 2.34. The maximum absolute atomic E-state index is 14.5. The van der Waals surface area contributed by atoms with Gasteiger partial charge in [0.15, 0.2) is 5.82 Å². The minimum absolute atomic E-state index is 0.207. The lowest BCUT2D eigenvalue weighted by atomic mass is 9.83. The lowest BCUT2D eigenvalue weighted by Crippen LogP contribution is -2.34. The first kappa shape index (κ1) is 20.5. The van der Waals surface area contributed by atoms with Gasteiger partial charge in [0.25, 0.3) is 0 Å². The molecule has 2 aliphatic rings. The van der Waals surface area contributed by atoms with Crippen molar-refractivity contribution in [2.45, 2.75) is 51.0 Å². The second-order valence-electron chi connectivity index (χ2n) is 8.06. The van der Waals surface area contributed by atoms with Crippen molar-refractivity contribution in [2.24, 2.45) is 5.41 Å². The van der Waals surface area contributed by atoms with Gasteiger partial charge in [-0.25, -0.2) is 14.4 Å². The first-order chi connectivity index (χ1) is 14.7. The van der Waals surface area contributed by atoms with Gasteiger partial charge >= 0.3 is 0 Å². The fourth-order valence-electron chi connectivity index (χ4n) is 3.98. The monoisotopic (exact) mass is 411 g/mol. The van der Waals surface area contributed by atoms with E-state index < -0.39 is 11.2 Å². The Labute approximate surface area is 175 Å². The van der Waals surface area contributed by atoms with Gasteiger partial charge in [0.05, 0.1) is 35.8 Å². The van der Waals surface area contributed by atoms with Crippen LogP contribution in [0.5, 0.6) is 5.88 Å². The second-order valence-corrected chi connectivity index (χ2v) is 8.06. The Balaban J connectivity index is 1.49. The van der Waals surface area contributed by atoms with Gasteiger partial charge in [-0.3, -0.25) is 4.98 Å². The van der Waals surface area contributed by atoms with Crippen LogP contribution < -0.4 is 10.1 Å². The third-order valence-electron chi connectivity index (χ3n) is 5.88. The van der Waals surface area contributed by atoms with E-state index in [1.807, 2.05) is 0 Å². The summed E-state index contributed by atoms with van der Waals surface area (Å²) in [7, 11) is 0. The Morgan fingerprint density at radius 2 is 2.00 bits per heavy atom. The van der Waals surface area contributed by atoms with Crippen molar-refractivity contribution in [3.8, 4) is 23.2 Å². The molecule has 1 saturated carbocycles. The number of nitriles is 1. The Bertz CT molecular complexity index is 905. The van der Waals surface area contributed by atoms with E-state index in [1.54, 1.807) is 6.07 Å². The number of ether oxygens (including phenoxy) is 2. The molecular formula is C22H26FN5O2. The Hall–Kier alpha value is -2.79. The molecule has 1 N–H and O–H groups in total. The molecule has 2 aromatic rings. The van der Waals surface area contributed by atoms with Gasteiger partial charge in [0, 0.05) is 24.8 Å². The van der Waals surface area contributed by atoms with Crippen LogP contribution in [0.3, 0.4) is 0 Å². The Kier molecular flexibility index (Phi) is 6.38. The normalized spacial score (nSPS) is 19.1. The van der Waals surface area contributed by atoms with Crippen LogP contribution >= 0.6 is 0 Å². The van der Waals surface area contributed by atoms with Crippen LogP contribution in [-0.4, -0.2) is 40.8 Å². The number of hydrogen-bond donors (Lipinski definition) is 1. The SMILES string of the molecule is N#CC1(COc2cncc(-c3cc(NC4CCCCC4)ncc3F)n2)CCOCC1. The van der Waals surface area contributed by atoms with Crippen molar-refractivity contribution < 1.29 is 13.9 Å². The van der Waals surface area contributed by atoms with Gasteiger partial charge in [-0.15, -0.1) is 0 Å². The zero-order valence-electron chi connectivity index (χ0n) is 16.9. The van der Waals surface area contributed by atoms with Gasteiger partial charge in [0.2, 0.25) is 5.88 Å². The van der Waals surface area contributed by atoms with E-state index in [2.05, 4.69) is 26.3 Å². The number of anilines is 1. The van der Waals surface area contributed by atoms with Gasteiger partial charge in [0.1, 0.15) is 12.4 Å². The smallest absolute Gasteiger partial charge is 0.232 e. The average Bonchev–Trinajstić information content (AvgIpc) is 2.80. The van der Waals surface area contributed by atoms with Crippen molar-refractivity contribution in [3.63, 3.8) is 0 Å². The Morgan fingerprint density at radius 3 is 2.77 bits per heavy atom. The van der Waals surface area contributed by atoms with Crippen LogP contribution in [0.25, 0.3) is 11.3 Å². The number of nitrogens with zero attached hydrogens (tertiary/aromatic N) is 4. The summed E-state index contributed by atoms with van der Waals surface area (Å²) in [5.74, 6) is 0.442. The summed E-state index contributed by atoms with van der Waals surface area (Å²) in [4.78, 5) is 12.8. The van der Waals surface area contributed by atoms with Crippen molar-refractivity contribution in [3.05, 3.63) is 30.5 Å². The average molecular weight is 411 g/mol. The molecular weight excluding hydrogens is 385 g/mol. The van der Waals surface area contributed by atoms with Crippen LogP contribution in [-0.2, 0) is 4.74 Å². The van der Waals surface area contributed by atoms with Crippen LogP contribution in [0, 0.1) is 22.6 Å². The minimum Gasteiger partial charge on any atom is -0.475 e. The van der Waals surface area contributed by atoms with Gasteiger partial charge in [-0.2, -0.15) is 5.26 Å². The highest BCUT2D eigenvalue weighted by Crippen LogP contribution is 2.31. The molecule has 7 nitrogen and oxygen atoms in total. The molecule has 0 unspecified atom stereocenters. The quantitative estimate of drug-likeness (QED) is 0.764. The number of rotatable bonds is 6. The van der Waals surface area contributed by atoms with E-state index in [9.17, 15) is 9.65 Å². The molecule has 8 heteroatoms. The van der Waals surface area contributed by atoms with Crippen molar-refractivity contribution >= 4 is 5.82 Å². The first-order valence-electron chi connectivity index (χ1n) is 10.5. The molecule has 0 spiro atoms. The maximum atomic E-state index is 14.5. The lowest BCUT2D eigenvalue weighted by Gasteiger charge is -2.29. The summed E-state index contributed by atoms with van der Waals surface area (Å²) >= 11 is 0.